The molecule has 14 heavy (non-hydrogen) atoms. The molecule has 0 saturated heterocycles. The first-order valence-corrected chi connectivity index (χ1v) is 4.57. The van der Waals surface area contributed by atoms with Crippen molar-refractivity contribution >= 4 is 5.97 Å². The fourth-order valence-electron chi connectivity index (χ4n) is 2.10. The molecule has 1 aromatic rings. The number of fused-ring (bicyclic) bond motifs is 1. The molecule has 0 saturated carbocycles. The van der Waals surface area contributed by atoms with Gasteiger partial charge < -0.3 is 9.84 Å². The quantitative estimate of drug-likeness (QED) is 0.773. The van der Waals surface area contributed by atoms with E-state index in [0.29, 0.717) is 6.42 Å². The highest BCUT2D eigenvalue weighted by Crippen LogP contribution is 2.39. The van der Waals surface area contributed by atoms with Gasteiger partial charge in [-0.2, -0.15) is 0 Å². The number of aliphatic carboxylic acids is 1. The van der Waals surface area contributed by atoms with Crippen molar-refractivity contribution in [1.29, 1.82) is 0 Å². The number of carboxylic acid groups (broad SMARTS) is 1. The summed E-state index contributed by atoms with van der Waals surface area (Å²) in [6, 6.07) is 7.56. The highest BCUT2D eigenvalue weighted by molar-refractivity contribution is 5.81. The molecule has 3 heteroatoms. The Morgan fingerprint density at radius 2 is 2.21 bits per heavy atom. The van der Waals surface area contributed by atoms with Gasteiger partial charge in [-0.1, -0.05) is 24.3 Å². The maximum absolute atomic E-state index is 11.2. The zero-order valence-electron chi connectivity index (χ0n) is 7.99. The van der Waals surface area contributed by atoms with Gasteiger partial charge in [0, 0.05) is 7.11 Å². The third-order valence-electron chi connectivity index (χ3n) is 2.89. The largest absolute Gasteiger partial charge is 0.479 e. The fraction of sp³-hybridized carbons (Fsp3) is 0.364. The molecule has 1 unspecified atom stereocenters. The van der Waals surface area contributed by atoms with Crippen LogP contribution in [0.25, 0.3) is 0 Å². The van der Waals surface area contributed by atoms with Crippen LogP contribution in [-0.2, 0) is 21.6 Å². The lowest BCUT2D eigenvalue weighted by Gasteiger charge is -2.23. The normalized spacial score (nSPS) is 24.6. The van der Waals surface area contributed by atoms with Gasteiger partial charge in [0.15, 0.2) is 5.60 Å². The van der Waals surface area contributed by atoms with Crippen molar-refractivity contribution in [2.24, 2.45) is 0 Å². The van der Waals surface area contributed by atoms with Gasteiger partial charge in [0.2, 0.25) is 0 Å². The number of hydrogen-bond acceptors (Lipinski definition) is 2. The summed E-state index contributed by atoms with van der Waals surface area (Å²) < 4.78 is 5.19. The smallest absolute Gasteiger partial charge is 0.340 e. The minimum absolute atomic E-state index is 0.526. The van der Waals surface area contributed by atoms with Crippen LogP contribution in [0.1, 0.15) is 17.5 Å². The maximum Gasteiger partial charge on any atom is 0.340 e. The van der Waals surface area contributed by atoms with Crippen LogP contribution in [0.15, 0.2) is 24.3 Å². The highest BCUT2D eigenvalue weighted by atomic mass is 16.5. The van der Waals surface area contributed by atoms with E-state index in [2.05, 4.69) is 0 Å². The zero-order valence-corrected chi connectivity index (χ0v) is 7.99. The number of rotatable bonds is 2. The number of ether oxygens (including phenoxy) is 1. The molecule has 0 radical (unpaired) electrons. The van der Waals surface area contributed by atoms with Gasteiger partial charge in [-0.15, -0.1) is 0 Å². The third-order valence-corrected chi connectivity index (χ3v) is 2.89. The van der Waals surface area contributed by atoms with Crippen molar-refractivity contribution < 1.29 is 14.6 Å². The summed E-state index contributed by atoms with van der Waals surface area (Å²) in [5.74, 6) is -0.898. The lowest BCUT2D eigenvalue weighted by atomic mass is 9.96. The molecule has 2 rings (SSSR count). The Kier molecular flexibility index (Phi) is 2.04. The lowest BCUT2D eigenvalue weighted by molar-refractivity contribution is -0.163. The Bertz CT molecular complexity index is 373. The molecular formula is C11H12O3. The molecule has 0 bridgehead atoms. The molecule has 1 aromatic carbocycles. The summed E-state index contributed by atoms with van der Waals surface area (Å²) in [7, 11) is 1.45. The average Bonchev–Trinajstić information content (AvgIpc) is 2.57. The van der Waals surface area contributed by atoms with Crippen LogP contribution >= 0.6 is 0 Å². The van der Waals surface area contributed by atoms with Crippen LogP contribution < -0.4 is 0 Å². The first-order valence-electron chi connectivity index (χ1n) is 4.57. The summed E-state index contributed by atoms with van der Waals surface area (Å²) >= 11 is 0. The van der Waals surface area contributed by atoms with E-state index in [4.69, 9.17) is 4.74 Å². The molecule has 1 N–H and O–H groups in total. The molecular weight excluding hydrogens is 180 g/mol. The second-order valence-corrected chi connectivity index (χ2v) is 3.49. The molecule has 0 heterocycles. The molecule has 1 aliphatic rings. The van der Waals surface area contributed by atoms with Gasteiger partial charge in [-0.05, 0) is 24.0 Å². The minimum atomic E-state index is -1.11. The number of hydrogen-bond donors (Lipinski definition) is 1. The Hall–Kier alpha value is -1.35. The van der Waals surface area contributed by atoms with E-state index in [-0.39, 0.29) is 0 Å². The maximum atomic E-state index is 11.2. The molecule has 0 spiro atoms. The molecule has 0 aromatic heterocycles. The lowest BCUT2D eigenvalue weighted by Crippen LogP contribution is -2.35. The number of benzene rings is 1. The predicted molar refractivity (Wildman–Crippen MR) is 51.1 cm³/mol. The molecule has 0 aliphatic heterocycles. The fourth-order valence-corrected chi connectivity index (χ4v) is 2.10. The van der Waals surface area contributed by atoms with Crippen molar-refractivity contribution in [3.8, 4) is 0 Å². The van der Waals surface area contributed by atoms with E-state index in [9.17, 15) is 9.90 Å². The van der Waals surface area contributed by atoms with Gasteiger partial charge >= 0.3 is 5.97 Å². The van der Waals surface area contributed by atoms with Crippen LogP contribution in [0, 0.1) is 0 Å². The molecule has 0 amide bonds. The number of carbonyl (C=O) groups is 1. The van der Waals surface area contributed by atoms with E-state index in [0.717, 1.165) is 17.5 Å². The Labute approximate surface area is 82.3 Å². The van der Waals surface area contributed by atoms with Gasteiger partial charge in [-0.25, -0.2) is 4.79 Å². The highest BCUT2D eigenvalue weighted by Gasteiger charge is 2.45. The minimum Gasteiger partial charge on any atom is -0.479 e. The van der Waals surface area contributed by atoms with Crippen LogP contribution in [0.2, 0.25) is 0 Å². The number of carboxylic acids is 1. The molecule has 3 nitrogen and oxygen atoms in total. The van der Waals surface area contributed by atoms with E-state index >= 15 is 0 Å². The van der Waals surface area contributed by atoms with E-state index < -0.39 is 11.6 Å². The van der Waals surface area contributed by atoms with Crippen LogP contribution in [0.3, 0.4) is 0 Å². The van der Waals surface area contributed by atoms with Gasteiger partial charge in [0.1, 0.15) is 0 Å². The molecule has 74 valence electrons. The number of methoxy groups -OCH3 is 1. The Balaban J connectivity index is 2.55. The average molecular weight is 192 g/mol. The second kappa shape index (κ2) is 3.10. The topological polar surface area (TPSA) is 46.5 Å². The predicted octanol–water partition coefficient (Wildman–Crippen LogP) is 1.56. The summed E-state index contributed by atoms with van der Waals surface area (Å²) in [5.41, 5.74) is 0.767. The Morgan fingerprint density at radius 3 is 2.86 bits per heavy atom. The van der Waals surface area contributed by atoms with Gasteiger partial charge in [0.25, 0.3) is 0 Å². The summed E-state index contributed by atoms with van der Waals surface area (Å²) in [5, 5.41) is 9.19. The SMILES string of the molecule is COC1(C(=O)O)CCc2ccccc21. The second-order valence-electron chi connectivity index (χ2n) is 3.49. The van der Waals surface area contributed by atoms with E-state index in [1.807, 2.05) is 24.3 Å². The molecule has 1 aliphatic carbocycles. The van der Waals surface area contributed by atoms with Gasteiger partial charge in [-0.3, -0.25) is 0 Å². The van der Waals surface area contributed by atoms with Crippen LogP contribution in [-0.4, -0.2) is 18.2 Å². The summed E-state index contributed by atoms with van der Waals surface area (Å²) in [6.07, 6.45) is 1.30. The summed E-state index contributed by atoms with van der Waals surface area (Å²) in [4.78, 5) is 11.2. The monoisotopic (exact) mass is 192 g/mol. The van der Waals surface area contributed by atoms with E-state index in [1.54, 1.807) is 0 Å². The van der Waals surface area contributed by atoms with Crippen molar-refractivity contribution in [3.63, 3.8) is 0 Å². The van der Waals surface area contributed by atoms with Crippen LogP contribution in [0.5, 0.6) is 0 Å². The van der Waals surface area contributed by atoms with Crippen molar-refractivity contribution in [2.45, 2.75) is 18.4 Å². The van der Waals surface area contributed by atoms with Crippen LogP contribution in [0.4, 0.5) is 0 Å². The standard InChI is InChI=1S/C11H12O3/c1-14-11(10(12)13)7-6-8-4-2-3-5-9(8)11/h2-5H,6-7H2,1H3,(H,12,13). The summed E-state index contributed by atoms with van der Waals surface area (Å²) in [6.45, 7) is 0. The Morgan fingerprint density at radius 1 is 1.50 bits per heavy atom. The number of aryl methyl sites for hydroxylation is 1. The zero-order chi connectivity index (χ0) is 10.2. The first-order chi connectivity index (χ1) is 6.70. The van der Waals surface area contributed by atoms with Crippen molar-refractivity contribution in [2.75, 3.05) is 7.11 Å². The molecule has 1 atom stereocenters. The third kappa shape index (κ3) is 1.06. The van der Waals surface area contributed by atoms with Crippen molar-refractivity contribution in [3.05, 3.63) is 35.4 Å². The van der Waals surface area contributed by atoms with E-state index in [1.165, 1.54) is 7.11 Å². The van der Waals surface area contributed by atoms with Crippen molar-refractivity contribution in [1.82, 2.24) is 0 Å². The first kappa shape index (κ1) is 9.21. The molecule has 0 fully saturated rings. The van der Waals surface area contributed by atoms with Gasteiger partial charge in [0.05, 0.1) is 0 Å².